The largest absolute Gasteiger partial charge is 0.492 e. The summed E-state index contributed by atoms with van der Waals surface area (Å²) in [5, 5.41) is 3.32. The molecule has 1 N–H and O–H groups in total. The van der Waals surface area contributed by atoms with E-state index < -0.39 is 0 Å². The van der Waals surface area contributed by atoms with Gasteiger partial charge in [0.25, 0.3) is 0 Å². The molecule has 0 aliphatic heterocycles. The van der Waals surface area contributed by atoms with Crippen LogP contribution in [0.4, 0.5) is 4.39 Å². The molecule has 96 valence electrons. The van der Waals surface area contributed by atoms with Crippen molar-refractivity contribution >= 4 is 0 Å². The van der Waals surface area contributed by atoms with Gasteiger partial charge in [-0.2, -0.15) is 0 Å². The first-order valence-corrected chi connectivity index (χ1v) is 6.06. The summed E-state index contributed by atoms with van der Waals surface area (Å²) in [7, 11) is 0. The fourth-order valence-corrected chi connectivity index (χ4v) is 1.33. The molecule has 0 spiro atoms. The minimum atomic E-state index is -0.343. The van der Waals surface area contributed by atoms with Gasteiger partial charge in [0.2, 0.25) is 0 Å². The maximum Gasteiger partial charge on any atom is 0.137 e. The smallest absolute Gasteiger partial charge is 0.137 e. The Morgan fingerprint density at radius 1 is 1.41 bits per heavy atom. The maximum atomic E-state index is 11.9. The van der Waals surface area contributed by atoms with E-state index in [2.05, 4.69) is 24.1 Å². The molecule has 0 aliphatic rings. The molecule has 0 fully saturated rings. The molecule has 0 bridgehead atoms. The normalized spacial score (nSPS) is 10.8. The highest BCUT2D eigenvalue weighted by Crippen LogP contribution is 2.09. The predicted molar refractivity (Wildman–Crippen MR) is 66.9 cm³/mol. The average molecular weight is 240 g/mol. The molecule has 0 amide bonds. The minimum Gasteiger partial charge on any atom is -0.492 e. The van der Waals surface area contributed by atoms with E-state index in [0.29, 0.717) is 24.7 Å². The fraction of sp³-hybridized carbons (Fsp3) is 0.615. The van der Waals surface area contributed by atoms with Gasteiger partial charge in [0.15, 0.2) is 0 Å². The summed E-state index contributed by atoms with van der Waals surface area (Å²) < 4.78 is 17.2. The average Bonchev–Trinajstić information content (AvgIpc) is 2.31. The molecule has 0 radical (unpaired) electrons. The maximum absolute atomic E-state index is 11.9. The summed E-state index contributed by atoms with van der Waals surface area (Å²) in [6.07, 6.45) is 2.11. The molecule has 1 aromatic heterocycles. The lowest BCUT2D eigenvalue weighted by molar-refractivity contribution is 0.288. The Bertz CT molecular complexity index is 301. The van der Waals surface area contributed by atoms with Crippen molar-refractivity contribution in [3.05, 3.63) is 24.0 Å². The summed E-state index contributed by atoms with van der Waals surface area (Å²) in [6, 6.07) is 3.80. The third-order valence-electron chi connectivity index (χ3n) is 2.20. The Morgan fingerprint density at radius 3 is 2.82 bits per heavy atom. The molecule has 0 saturated carbocycles. The number of halogens is 1. The monoisotopic (exact) mass is 240 g/mol. The van der Waals surface area contributed by atoms with Gasteiger partial charge in [-0.1, -0.05) is 13.8 Å². The topological polar surface area (TPSA) is 34.1 Å². The number of pyridine rings is 1. The van der Waals surface area contributed by atoms with Crippen molar-refractivity contribution in [3.63, 3.8) is 0 Å². The van der Waals surface area contributed by atoms with Crippen LogP contribution in [0.3, 0.4) is 0 Å². The predicted octanol–water partition coefficient (Wildman–Crippen LogP) is 2.57. The Kier molecular flexibility index (Phi) is 6.55. The third kappa shape index (κ3) is 6.22. The van der Waals surface area contributed by atoms with Crippen LogP contribution in [-0.2, 0) is 6.54 Å². The van der Waals surface area contributed by atoms with Gasteiger partial charge in [0, 0.05) is 13.0 Å². The van der Waals surface area contributed by atoms with Gasteiger partial charge in [-0.3, -0.25) is 9.37 Å². The molecule has 0 saturated heterocycles. The molecule has 0 atom stereocenters. The van der Waals surface area contributed by atoms with Crippen molar-refractivity contribution in [2.45, 2.75) is 26.8 Å². The lowest BCUT2D eigenvalue weighted by atomic mass is 10.2. The van der Waals surface area contributed by atoms with Gasteiger partial charge in [0.1, 0.15) is 5.75 Å². The van der Waals surface area contributed by atoms with Gasteiger partial charge < -0.3 is 10.1 Å². The van der Waals surface area contributed by atoms with Crippen LogP contribution < -0.4 is 10.1 Å². The Morgan fingerprint density at radius 2 is 2.24 bits per heavy atom. The van der Waals surface area contributed by atoms with Crippen molar-refractivity contribution in [1.82, 2.24) is 10.3 Å². The number of nitrogens with zero attached hydrogens (tertiary/aromatic N) is 1. The third-order valence-corrected chi connectivity index (χ3v) is 2.20. The molecule has 1 aromatic rings. The first-order chi connectivity index (χ1) is 8.22. The molecule has 3 nitrogen and oxygen atoms in total. The molecular formula is C13H21FN2O. The van der Waals surface area contributed by atoms with Crippen molar-refractivity contribution in [2.24, 2.45) is 5.92 Å². The fourth-order valence-electron chi connectivity index (χ4n) is 1.33. The lowest BCUT2D eigenvalue weighted by Gasteiger charge is -2.08. The van der Waals surface area contributed by atoms with E-state index >= 15 is 0 Å². The van der Waals surface area contributed by atoms with E-state index in [9.17, 15) is 4.39 Å². The first kappa shape index (κ1) is 13.9. The molecule has 17 heavy (non-hydrogen) atoms. The van der Waals surface area contributed by atoms with Gasteiger partial charge in [-0.05, 0) is 24.6 Å². The van der Waals surface area contributed by atoms with Crippen molar-refractivity contribution < 1.29 is 9.13 Å². The van der Waals surface area contributed by atoms with Crippen molar-refractivity contribution in [3.8, 4) is 5.75 Å². The summed E-state index contributed by atoms with van der Waals surface area (Å²) >= 11 is 0. The highest BCUT2D eigenvalue weighted by molar-refractivity contribution is 5.19. The second-order valence-electron chi connectivity index (χ2n) is 4.40. The second kappa shape index (κ2) is 8.01. The van der Waals surface area contributed by atoms with E-state index in [4.69, 9.17) is 4.74 Å². The molecule has 1 heterocycles. The Labute approximate surface area is 102 Å². The zero-order valence-electron chi connectivity index (χ0n) is 10.6. The number of aromatic nitrogens is 1. The minimum absolute atomic E-state index is 0.343. The van der Waals surface area contributed by atoms with E-state index in [1.54, 1.807) is 6.20 Å². The van der Waals surface area contributed by atoms with Crippen LogP contribution in [-0.4, -0.2) is 24.8 Å². The van der Waals surface area contributed by atoms with Crippen molar-refractivity contribution in [2.75, 3.05) is 19.8 Å². The number of rotatable bonds is 8. The van der Waals surface area contributed by atoms with E-state index in [-0.39, 0.29) is 6.67 Å². The summed E-state index contributed by atoms with van der Waals surface area (Å²) in [4.78, 5) is 4.27. The van der Waals surface area contributed by atoms with Crippen LogP contribution in [0.1, 0.15) is 26.0 Å². The van der Waals surface area contributed by atoms with Gasteiger partial charge in [-0.15, -0.1) is 0 Å². The van der Waals surface area contributed by atoms with Crippen LogP contribution >= 0.6 is 0 Å². The van der Waals surface area contributed by atoms with Crippen LogP contribution in [0.5, 0.6) is 5.75 Å². The Balaban J connectivity index is 2.29. The van der Waals surface area contributed by atoms with Gasteiger partial charge >= 0.3 is 0 Å². The lowest BCUT2D eigenvalue weighted by Crippen LogP contribution is -2.19. The molecular weight excluding hydrogens is 219 g/mol. The summed E-state index contributed by atoms with van der Waals surface area (Å²) in [5.41, 5.74) is 0.989. The van der Waals surface area contributed by atoms with E-state index in [1.165, 1.54) is 0 Å². The highest BCUT2D eigenvalue weighted by atomic mass is 19.1. The molecule has 4 heteroatoms. The van der Waals surface area contributed by atoms with E-state index in [1.807, 2.05) is 12.1 Å². The van der Waals surface area contributed by atoms with E-state index in [0.717, 1.165) is 18.8 Å². The number of hydrogen-bond donors (Lipinski definition) is 1. The standard InChI is InChI=1S/C13H21FN2O/c1-11(2)8-15-9-12-4-5-13(10-16-12)17-7-3-6-14/h4-5,10-11,15H,3,6-9H2,1-2H3. The van der Waals surface area contributed by atoms with Crippen LogP contribution in [0.2, 0.25) is 0 Å². The first-order valence-electron chi connectivity index (χ1n) is 6.06. The number of alkyl halides is 1. The van der Waals surface area contributed by atoms with Crippen LogP contribution in [0, 0.1) is 5.92 Å². The number of ether oxygens (including phenoxy) is 1. The zero-order valence-corrected chi connectivity index (χ0v) is 10.6. The van der Waals surface area contributed by atoms with Gasteiger partial charge in [0.05, 0.1) is 25.2 Å². The van der Waals surface area contributed by atoms with Crippen LogP contribution in [0.15, 0.2) is 18.3 Å². The summed E-state index contributed by atoms with van der Waals surface area (Å²) in [5.74, 6) is 1.34. The quantitative estimate of drug-likeness (QED) is 0.709. The SMILES string of the molecule is CC(C)CNCc1ccc(OCCCF)cn1. The molecule has 0 aromatic carbocycles. The Hall–Kier alpha value is -1.16. The zero-order chi connectivity index (χ0) is 12.5. The second-order valence-corrected chi connectivity index (χ2v) is 4.40. The number of nitrogens with one attached hydrogen (secondary N) is 1. The molecule has 1 rings (SSSR count). The van der Waals surface area contributed by atoms with Gasteiger partial charge in [-0.25, -0.2) is 0 Å². The van der Waals surface area contributed by atoms with Crippen LogP contribution in [0.25, 0.3) is 0 Å². The van der Waals surface area contributed by atoms with Crippen molar-refractivity contribution in [1.29, 1.82) is 0 Å². The molecule has 0 aliphatic carbocycles. The summed E-state index contributed by atoms with van der Waals surface area (Å²) in [6.45, 7) is 6.15. The number of hydrogen-bond acceptors (Lipinski definition) is 3. The highest BCUT2D eigenvalue weighted by Gasteiger charge is 1.98. The molecule has 0 unspecified atom stereocenters.